The van der Waals surface area contributed by atoms with Gasteiger partial charge in [-0.1, -0.05) is 132 Å². The topological polar surface area (TPSA) is 125 Å². The fourth-order valence-electron chi connectivity index (χ4n) is 5.48. The van der Waals surface area contributed by atoms with Crippen LogP contribution in [-0.4, -0.2) is 51.5 Å². The molecule has 0 saturated carbocycles. The average molecular weight is 632 g/mol. The Labute approximate surface area is 259 Å². The highest BCUT2D eigenvalue weighted by atomic mass is 31.2. The number of nitrogens with zero attached hydrogens (tertiary/aromatic N) is 4. The molecule has 0 saturated heterocycles. The largest absolute Gasteiger partial charge is 0.382 e. The molecule has 2 heterocycles. The Kier molecular flexibility index (Phi) is 15.3. The molecule has 0 aliphatic rings. The maximum absolute atomic E-state index is 12.4. The van der Waals surface area contributed by atoms with Gasteiger partial charge >= 0.3 is 7.60 Å². The van der Waals surface area contributed by atoms with E-state index in [1.807, 2.05) is 6.92 Å². The van der Waals surface area contributed by atoms with Crippen LogP contribution in [0, 0.1) is 0 Å². The first-order valence-electron chi connectivity index (χ1n) is 16.2. The number of aromatic nitrogens is 4. The smallest absolute Gasteiger partial charge is 0.353 e. The van der Waals surface area contributed by atoms with E-state index in [2.05, 4.69) is 58.4 Å². The molecule has 3 aromatic rings. The summed E-state index contributed by atoms with van der Waals surface area (Å²) in [5.41, 5.74) is 6.96. The molecule has 0 aliphatic carbocycles. The predicted molar refractivity (Wildman–Crippen MR) is 179 cm³/mol. The van der Waals surface area contributed by atoms with Crippen LogP contribution in [0.4, 0.5) is 5.82 Å². The number of nitrogens with two attached hydrogens (primary N) is 1. The minimum Gasteiger partial charge on any atom is -0.382 e. The second-order valence-electron chi connectivity index (χ2n) is 12.5. The van der Waals surface area contributed by atoms with Crippen molar-refractivity contribution in [3.8, 4) is 0 Å². The molecule has 9 nitrogen and oxygen atoms in total. The minimum absolute atomic E-state index is 0.278. The molecule has 0 spiro atoms. The number of fused-ring (bicyclic) bond motifs is 1. The highest BCUT2D eigenvalue weighted by Crippen LogP contribution is 2.42. The lowest BCUT2D eigenvalue weighted by Crippen LogP contribution is -2.40. The lowest BCUT2D eigenvalue weighted by molar-refractivity contribution is 0.0715. The van der Waals surface area contributed by atoms with E-state index in [0.717, 1.165) is 19.3 Å². The molecule has 2 atom stereocenters. The van der Waals surface area contributed by atoms with Gasteiger partial charge in [0.1, 0.15) is 18.2 Å². The molecule has 3 rings (SSSR count). The second-order valence-corrected chi connectivity index (χ2v) is 19.1. The average Bonchev–Trinajstić information content (AvgIpc) is 3.40. The first-order valence-corrected chi connectivity index (χ1v) is 21.2. The molecule has 0 bridgehead atoms. The Morgan fingerprint density at radius 2 is 1.47 bits per heavy atom. The Balaban J connectivity index is 1.10. The number of nitrogen functional groups attached to an aromatic ring is 1. The molecule has 1 unspecified atom stereocenters. The van der Waals surface area contributed by atoms with Gasteiger partial charge in [0.25, 0.3) is 0 Å². The second kappa shape index (κ2) is 18.6. The number of hydrogen-bond acceptors (Lipinski definition) is 7. The van der Waals surface area contributed by atoms with Crippen molar-refractivity contribution >= 4 is 37.8 Å². The van der Waals surface area contributed by atoms with Crippen LogP contribution in [0.15, 0.2) is 43.0 Å². The van der Waals surface area contributed by atoms with Gasteiger partial charge < -0.3 is 24.5 Å². The minimum atomic E-state index is -3.79. The zero-order valence-electron chi connectivity index (χ0n) is 26.6. The van der Waals surface area contributed by atoms with E-state index in [-0.39, 0.29) is 19.1 Å². The Morgan fingerprint density at radius 1 is 0.884 bits per heavy atom. The van der Waals surface area contributed by atoms with Crippen LogP contribution in [-0.2, 0) is 20.4 Å². The van der Waals surface area contributed by atoms with Crippen LogP contribution in [0.3, 0.4) is 0 Å². The molecule has 43 heavy (non-hydrogen) atoms. The molecule has 11 heteroatoms. The lowest BCUT2D eigenvalue weighted by Gasteiger charge is -2.22. The van der Waals surface area contributed by atoms with Crippen molar-refractivity contribution in [2.24, 2.45) is 0 Å². The van der Waals surface area contributed by atoms with E-state index in [9.17, 15) is 9.46 Å². The van der Waals surface area contributed by atoms with Crippen LogP contribution in [0.25, 0.3) is 11.2 Å². The van der Waals surface area contributed by atoms with E-state index in [1.54, 1.807) is 16.1 Å². The van der Waals surface area contributed by atoms with Crippen LogP contribution in [0.5, 0.6) is 0 Å². The van der Waals surface area contributed by atoms with Gasteiger partial charge in [-0.2, -0.15) is 0 Å². The number of ether oxygens (including phenoxy) is 1. The van der Waals surface area contributed by atoms with Gasteiger partial charge in [0, 0.05) is 0 Å². The maximum Gasteiger partial charge on any atom is 0.353 e. The van der Waals surface area contributed by atoms with Gasteiger partial charge in [-0.15, -0.1) is 0 Å². The van der Waals surface area contributed by atoms with Gasteiger partial charge in [0.15, 0.2) is 11.5 Å². The summed E-state index contributed by atoms with van der Waals surface area (Å²) in [4.78, 5) is 22.5. The summed E-state index contributed by atoms with van der Waals surface area (Å²) in [6.45, 7) is 7.53. The number of imidazole rings is 1. The Morgan fingerprint density at radius 3 is 2.09 bits per heavy atom. The third-order valence-electron chi connectivity index (χ3n) is 8.20. The third kappa shape index (κ3) is 13.2. The van der Waals surface area contributed by atoms with E-state index in [4.69, 9.17) is 15.0 Å². The summed E-state index contributed by atoms with van der Waals surface area (Å²) >= 11 is 0. The van der Waals surface area contributed by atoms with E-state index < -0.39 is 15.7 Å². The van der Waals surface area contributed by atoms with Gasteiger partial charge in [-0.05, 0) is 13.3 Å². The molecular weight excluding hydrogens is 577 g/mol. The van der Waals surface area contributed by atoms with Crippen molar-refractivity contribution in [1.82, 2.24) is 19.5 Å². The highest BCUT2D eigenvalue weighted by Gasteiger charge is 2.23. The molecular formula is C32H54N5O4PSi. The highest BCUT2D eigenvalue weighted by molar-refractivity contribution is 7.52. The molecule has 1 aromatic carbocycles. The summed E-state index contributed by atoms with van der Waals surface area (Å²) in [5, 5.41) is 1.59. The van der Waals surface area contributed by atoms with Crippen LogP contribution >= 0.6 is 7.60 Å². The number of hydrogen-bond donors (Lipinski definition) is 2. The van der Waals surface area contributed by atoms with Crippen LogP contribution < -0.4 is 10.9 Å². The zero-order valence-corrected chi connectivity index (χ0v) is 28.5. The van der Waals surface area contributed by atoms with Crippen LogP contribution in [0.1, 0.15) is 90.4 Å². The molecule has 3 N–H and O–H groups in total. The molecule has 0 radical (unpaired) electrons. The number of unbranched alkanes of at least 4 members (excludes halogenated alkanes) is 12. The van der Waals surface area contributed by atoms with Crippen molar-refractivity contribution < 1.29 is 18.7 Å². The summed E-state index contributed by atoms with van der Waals surface area (Å²) < 4.78 is 25.0. The van der Waals surface area contributed by atoms with Crippen molar-refractivity contribution in [1.29, 1.82) is 0 Å². The number of anilines is 1. The molecule has 2 aromatic heterocycles. The van der Waals surface area contributed by atoms with E-state index in [1.165, 1.54) is 76.6 Å². The lowest BCUT2D eigenvalue weighted by atomic mass is 10.0. The van der Waals surface area contributed by atoms with Gasteiger partial charge in [-0.25, -0.2) is 15.0 Å². The van der Waals surface area contributed by atoms with E-state index >= 15 is 0 Å². The van der Waals surface area contributed by atoms with Crippen molar-refractivity contribution in [3.05, 3.63) is 43.0 Å². The number of rotatable bonds is 23. The fraction of sp³-hybridized carbons (Fsp3) is 0.656. The monoisotopic (exact) mass is 631 g/mol. The third-order valence-corrected chi connectivity index (χ3v) is 12.8. The molecule has 0 amide bonds. The van der Waals surface area contributed by atoms with E-state index in [0.29, 0.717) is 23.5 Å². The summed E-state index contributed by atoms with van der Waals surface area (Å²) in [5.74, 6) is 0.318. The van der Waals surface area contributed by atoms with Gasteiger partial charge in [0.05, 0.1) is 33.7 Å². The van der Waals surface area contributed by atoms with Gasteiger partial charge in [0.2, 0.25) is 0 Å². The van der Waals surface area contributed by atoms with Crippen molar-refractivity contribution in [3.63, 3.8) is 0 Å². The molecule has 0 aliphatic heterocycles. The SMILES string of the molecule is C[C@H](Cn1cnc2c(N)ncnc21)OCP(=O)(O)OCCCCCCCCCCCCCCC[Si](C)(C)c1ccccc1. The summed E-state index contributed by atoms with van der Waals surface area (Å²) in [6.07, 6.45) is 18.6. The molecule has 0 fully saturated rings. The quantitative estimate of drug-likeness (QED) is 0.0621. The summed E-state index contributed by atoms with van der Waals surface area (Å²) in [6, 6.07) is 12.5. The van der Waals surface area contributed by atoms with Crippen LogP contribution in [0.2, 0.25) is 19.1 Å². The first kappa shape index (κ1) is 35.4. The first-order chi connectivity index (χ1) is 20.7. The number of benzene rings is 1. The van der Waals surface area contributed by atoms with Gasteiger partial charge in [-0.3, -0.25) is 4.57 Å². The zero-order chi connectivity index (χ0) is 31.0. The normalized spacial score (nSPS) is 14.2. The fourth-order valence-corrected chi connectivity index (χ4v) is 8.92. The standard InChI is InChI=1S/C32H54N5O4PSi/c1-28(24-37-26-36-30-31(33)34-25-35-32(30)37)40-27-42(38,39)41-22-18-13-11-9-7-5-4-6-8-10-12-14-19-23-43(2,3)29-20-16-15-17-21-29/h15-17,20-21,25-26,28H,4-14,18-19,22-24,27H2,1-3H3,(H,38,39)(H2,33,34,35)/t28-/m1/s1. The Hall–Kier alpha value is -2.10. The van der Waals surface area contributed by atoms with Crippen molar-refractivity contribution in [2.75, 3.05) is 18.7 Å². The molecule has 240 valence electrons. The van der Waals surface area contributed by atoms with Crippen molar-refractivity contribution in [2.45, 2.75) is 122 Å². The predicted octanol–water partition coefficient (Wildman–Crippen LogP) is 7.66. The summed E-state index contributed by atoms with van der Waals surface area (Å²) in [7, 11) is -5.05. The Bertz CT molecular complexity index is 1240. The maximum atomic E-state index is 12.4.